The molecule has 4 rings (SSSR count). The number of nitrogens with one attached hydrogen (secondary N) is 1. The highest BCUT2D eigenvalue weighted by Gasteiger charge is 2.15. The summed E-state index contributed by atoms with van der Waals surface area (Å²) < 4.78 is 1.96. The van der Waals surface area contributed by atoms with Crippen molar-refractivity contribution in [3.05, 3.63) is 110 Å². The van der Waals surface area contributed by atoms with E-state index in [9.17, 15) is 20.2 Å². The molecule has 34 heavy (non-hydrogen) atoms. The summed E-state index contributed by atoms with van der Waals surface area (Å²) in [5, 5.41) is 24.5. The van der Waals surface area contributed by atoms with E-state index in [-0.39, 0.29) is 21.3 Å². The Labute approximate surface area is 204 Å². The highest BCUT2D eigenvalue weighted by atomic mass is 35.5. The smallest absolute Gasteiger partial charge is 0.269 e. The topological polar surface area (TPSA) is 101 Å². The molecular weight excluding hydrogens is 475 g/mol. The molecule has 1 heterocycles. The molecule has 0 saturated heterocycles. The van der Waals surface area contributed by atoms with Crippen molar-refractivity contribution in [1.82, 2.24) is 4.57 Å². The number of rotatable bonds is 6. The third-order valence-corrected chi connectivity index (χ3v) is 6.00. The normalized spacial score (nSPS) is 11.3. The fraction of sp³-hybridized carbons (Fsp3) is 0.0400. The summed E-state index contributed by atoms with van der Waals surface area (Å²) in [6, 6.07) is 20.7. The number of non-ortho nitro benzene ring substituents is 1. The van der Waals surface area contributed by atoms with Crippen LogP contribution in [0.4, 0.5) is 11.4 Å². The Morgan fingerprint density at radius 2 is 1.82 bits per heavy atom. The fourth-order valence-electron chi connectivity index (χ4n) is 3.53. The van der Waals surface area contributed by atoms with Gasteiger partial charge in [0.05, 0.1) is 20.7 Å². The van der Waals surface area contributed by atoms with Gasteiger partial charge in [0.1, 0.15) is 11.6 Å². The Hall–Kier alpha value is -4.12. The Morgan fingerprint density at radius 1 is 1.09 bits per heavy atom. The lowest BCUT2D eigenvalue weighted by atomic mass is 10.1. The van der Waals surface area contributed by atoms with Gasteiger partial charge < -0.3 is 9.88 Å². The van der Waals surface area contributed by atoms with Crippen molar-refractivity contribution >= 4 is 57.5 Å². The number of nitrogens with zero attached hydrogens (tertiary/aromatic N) is 3. The lowest BCUT2D eigenvalue weighted by Gasteiger charge is -2.07. The molecule has 168 valence electrons. The molecule has 4 aromatic rings. The molecule has 0 spiro atoms. The lowest BCUT2D eigenvalue weighted by Crippen LogP contribution is -2.13. The quantitative estimate of drug-likeness (QED) is 0.145. The van der Waals surface area contributed by atoms with E-state index in [4.69, 9.17) is 23.2 Å². The summed E-state index contributed by atoms with van der Waals surface area (Å²) in [7, 11) is 0. The number of anilines is 1. The monoisotopic (exact) mass is 490 g/mol. The van der Waals surface area contributed by atoms with Crippen LogP contribution in [0.3, 0.4) is 0 Å². The molecule has 0 aliphatic rings. The van der Waals surface area contributed by atoms with E-state index in [0.717, 1.165) is 16.5 Å². The van der Waals surface area contributed by atoms with Crippen molar-refractivity contribution in [2.24, 2.45) is 0 Å². The number of fused-ring (bicyclic) bond motifs is 1. The lowest BCUT2D eigenvalue weighted by molar-refractivity contribution is -0.384. The predicted molar refractivity (Wildman–Crippen MR) is 133 cm³/mol. The van der Waals surface area contributed by atoms with Crippen LogP contribution < -0.4 is 5.32 Å². The van der Waals surface area contributed by atoms with Gasteiger partial charge in [0, 0.05) is 41.3 Å². The Kier molecular flexibility index (Phi) is 6.64. The van der Waals surface area contributed by atoms with Gasteiger partial charge >= 0.3 is 0 Å². The number of halogens is 2. The van der Waals surface area contributed by atoms with E-state index in [0.29, 0.717) is 17.8 Å². The number of carbonyl (C=O) groups excluding carboxylic acids is 1. The fourth-order valence-corrected chi connectivity index (χ4v) is 3.88. The molecule has 1 amide bonds. The second-order valence-corrected chi connectivity index (χ2v) is 8.16. The van der Waals surface area contributed by atoms with Gasteiger partial charge in [0.15, 0.2) is 0 Å². The number of amides is 1. The van der Waals surface area contributed by atoms with Crippen LogP contribution in [0.2, 0.25) is 10.0 Å². The maximum atomic E-state index is 12.8. The number of hydrogen-bond acceptors (Lipinski definition) is 4. The summed E-state index contributed by atoms with van der Waals surface area (Å²) in [5.74, 6) is -0.612. The van der Waals surface area contributed by atoms with Crippen LogP contribution in [-0.4, -0.2) is 15.4 Å². The van der Waals surface area contributed by atoms with Crippen LogP contribution in [0.1, 0.15) is 11.1 Å². The van der Waals surface area contributed by atoms with Crippen LogP contribution in [0.5, 0.6) is 0 Å². The molecule has 0 aliphatic heterocycles. The standard InChI is InChI=1S/C25H16Cl2N4O3/c26-21-5-3-6-22(24(21)27)29-25(32)17(13-28)12-18-15-30(23-7-2-1-4-20(18)23)14-16-8-10-19(11-9-16)31(33)34/h1-12,15H,14H2,(H,29,32)/b17-12-. The van der Waals surface area contributed by atoms with Gasteiger partial charge in [-0.25, -0.2) is 0 Å². The van der Waals surface area contributed by atoms with Crippen molar-refractivity contribution in [2.45, 2.75) is 6.54 Å². The molecule has 7 nitrogen and oxygen atoms in total. The zero-order chi connectivity index (χ0) is 24.2. The van der Waals surface area contributed by atoms with Crippen molar-refractivity contribution in [3.8, 4) is 6.07 Å². The highest BCUT2D eigenvalue weighted by Crippen LogP contribution is 2.30. The molecule has 0 fully saturated rings. The van der Waals surface area contributed by atoms with Gasteiger partial charge in [-0.1, -0.05) is 59.6 Å². The molecule has 0 unspecified atom stereocenters. The first-order valence-electron chi connectivity index (χ1n) is 10.1. The van der Waals surface area contributed by atoms with Crippen molar-refractivity contribution < 1.29 is 9.72 Å². The minimum absolute atomic E-state index is 0.0224. The average Bonchev–Trinajstić information content (AvgIpc) is 3.17. The summed E-state index contributed by atoms with van der Waals surface area (Å²) in [6.07, 6.45) is 3.35. The Morgan fingerprint density at radius 3 is 2.53 bits per heavy atom. The van der Waals surface area contributed by atoms with Crippen LogP contribution in [0.15, 0.2) is 78.5 Å². The van der Waals surface area contributed by atoms with Crippen molar-refractivity contribution in [1.29, 1.82) is 5.26 Å². The van der Waals surface area contributed by atoms with Crippen LogP contribution in [0.25, 0.3) is 17.0 Å². The molecule has 1 N–H and O–H groups in total. The molecule has 0 radical (unpaired) electrons. The minimum atomic E-state index is -0.612. The maximum absolute atomic E-state index is 12.8. The zero-order valence-corrected chi connectivity index (χ0v) is 19.0. The summed E-state index contributed by atoms with van der Waals surface area (Å²) in [4.78, 5) is 23.2. The number of aromatic nitrogens is 1. The van der Waals surface area contributed by atoms with E-state index in [1.165, 1.54) is 18.2 Å². The number of carbonyl (C=O) groups is 1. The first kappa shape index (κ1) is 23.1. The number of nitriles is 1. The first-order valence-corrected chi connectivity index (χ1v) is 10.8. The van der Waals surface area contributed by atoms with E-state index in [2.05, 4.69) is 5.32 Å². The zero-order valence-electron chi connectivity index (χ0n) is 17.5. The maximum Gasteiger partial charge on any atom is 0.269 e. The molecule has 9 heteroatoms. The van der Waals surface area contributed by atoms with Crippen LogP contribution >= 0.6 is 23.2 Å². The first-order chi connectivity index (χ1) is 16.4. The van der Waals surface area contributed by atoms with Crippen molar-refractivity contribution in [3.63, 3.8) is 0 Å². The Bertz CT molecular complexity index is 1480. The molecule has 1 aromatic heterocycles. The second-order valence-electron chi connectivity index (χ2n) is 7.38. The summed E-state index contributed by atoms with van der Waals surface area (Å²) >= 11 is 12.1. The molecule has 0 saturated carbocycles. The predicted octanol–water partition coefficient (Wildman–Crippen LogP) is 6.45. The van der Waals surface area contributed by atoms with E-state index >= 15 is 0 Å². The average molecular weight is 491 g/mol. The number of nitro groups is 1. The SMILES string of the molecule is N#C/C(=C/c1cn(Cc2ccc([N+](=O)[O-])cc2)c2ccccc12)C(=O)Nc1cccc(Cl)c1Cl. The third-order valence-electron chi connectivity index (χ3n) is 5.18. The van der Waals surface area contributed by atoms with Gasteiger partial charge in [0.25, 0.3) is 11.6 Å². The largest absolute Gasteiger partial charge is 0.342 e. The van der Waals surface area contributed by atoms with Crippen LogP contribution in [-0.2, 0) is 11.3 Å². The van der Waals surface area contributed by atoms with Crippen molar-refractivity contribution in [2.75, 3.05) is 5.32 Å². The van der Waals surface area contributed by atoms with Gasteiger partial charge in [-0.2, -0.15) is 5.26 Å². The number of hydrogen-bond donors (Lipinski definition) is 1. The molecule has 3 aromatic carbocycles. The highest BCUT2D eigenvalue weighted by molar-refractivity contribution is 6.44. The van der Waals surface area contributed by atoms with Gasteiger partial charge in [-0.3, -0.25) is 14.9 Å². The van der Waals surface area contributed by atoms with E-state index < -0.39 is 10.8 Å². The summed E-state index contributed by atoms with van der Waals surface area (Å²) in [5.41, 5.74) is 2.67. The minimum Gasteiger partial charge on any atom is -0.342 e. The third kappa shape index (κ3) is 4.79. The Balaban J connectivity index is 1.67. The van der Waals surface area contributed by atoms with E-state index in [1.807, 2.05) is 41.1 Å². The molecular formula is C25H16Cl2N4O3. The van der Waals surface area contributed by atoms with Gasteiger partial charge in [-0.05, 0) is 29.8 Å². The molecule has 0 atom stereocenters. The number of benzene rings is 3. The van der Waals surface area contributed by atoms with Gasteiger partial charge in [0.2, 0.25) is 0 Å². The molecule has 0 bridgehead atoms. The van der Waals surface area contributed by atoms with E-state index in [1.54, 1.807) is 30.3 Å². The van der Waals surface area contributed by atoms with Gasteiger partial charge in [-0.15, -0.1) is 0 Å². The number of para-hydroxylation sites is 1. The van der Waals surface area contributed by atoms with Crippen LogP contribution in [0, 0.1) is 21.4 Å². The number of nitro benzene ring substituents is 1. The summed E-state index contributed by atoms with van der Waals surface area (Å²) in [6.45, 7) is 0.457. The second kappa shape index (κ2) is 9.79. The molecule has 0 aliphatic carbocycles.